The molecule has 0 aliphatic heterocycles. The molecule has 0 aliphatic carbocycles. The zero-order valence-electron chi connectivity index (χ0n) is 8.94. The van der Waals surface area contributed by atoms with Crippen LogP contribution in [0.25, 0.3) is 0 Å². The molecular formula is C10H10BrClN2O3. The molecule has 1 atom stereocenters. The van der Waals surface area contributed by atoms with Crippen LogP contribution in [-0.4, -0.2) is 22.2 Å². The summed E-state index contributed by atoms with van der Waals surface area (Å²) >= 11 is 9.07. The van der Waals surface area contributed by atoms with Gasteiger partial charge in [-0.25, -0.2) is 0 Å². The third-order valence-corrected chi connectivity index (χ3v) is 2.60. The van der Waals surface area contributed by atoms with Gasteiger partial charge >= 0.3 is 0 Å². The zero-order chi connectivity index (χ0) is 13.0. The summed E-state index contributed by atoms with van der Waals surface area (Å²) in [7, 11) is 0. The van der Waals surface area contributed by atoms with E-state index in [1.165, 1.54) is 18.2 Å². The van der Waals surface area contributed by atoms with Crippen molar-refractivity contribution in [2.75, 3.05) is 6.54 Å². The van der Waals surface area contributed by atoms with Gasteiger partial charge in [-0.2, -0.15) is 0 Å². The minimum atomic E-state index is -0.627. The number of hydrogen-bond donors (Lipinski definition) is 1. The lowest BCUT2D eigenvalue weighted by molar-refractivity contribution is -0.385. The summed E-state index contributed by atoms with van der Waals surface area (Å²) in [4.78, 5) is 22.0. The van der Waals surface area contributed by atoms with E-state index < -0.39 is 10.8 Å². The number of nitro groups is 1. The smallest absolute Gasteiger partial charge is 0.283 e. The highest BCUT2D eigenvalue weighted by atomic mass is 79.9. The van der Waals surface area contributed by atoms with Gasteiger partial charge in [0, 0.05) is 17.4 Å². The number of carbonyl (C=O) groups excluding carboxylic acids is 1. The van der Waals surface area contributed by atoms with Crippen molar-refractivity contribution >= 4 is 39.1 Å². The molecule has 0 radical (unpaired) electrons. The number of rotatable bonds is 4. The first kappa shape index (κ1) is 13.9. The molecule has 0 saturated heterocycles. The molecule has 5 nitrogen and oxygen atoms in total. The van der Waals surface area contributed by atoms with Crippen LogP contribution in [0.5, 0.6) is 0 Å². The lowest BCUT2D eigenvalue weighted by atomic mass is 10.1. The number of nitro benzene ring substituents is 1. The summed E-state index contributed by atoms with van der Waals surface area (Å²) in [6.07, 6.45) is 0. The van der Waals surface area contributed by atoms with E-state index in [1.807, 2.05) is 6.92 Å². The molecule has 1 N–H and O–H groups in total. The molecule has 0 fully saturated rings. The minimum absolute atomic E-state index is 0.0684. The predicted molar refractivity (Wildman–Crippen MR) is 68.8 cm³/mol. The van der Waals surface area contributed by atoms with Gasteiger partial charge in [0.25, 0.3) is 11.6 Å². The number of benzene rings is 1. The van der Waals surface area contributed by atoms with Gasteiger partial charge in [-0.15, -0.1) is 0 Å². The Balaban J connectivity index is 3.03. The monoisotopic (exact) mass is 320 g/mol. The highest BCUT2D eigenvalue weighted by Crippen LogP contribution is 2.25. The topological polar surface area (TPSA) is 72.2 Å². The van der Waals surface area contributed by atoms with Crippen molar-refractivity contribution in [3.8, 4) is 0 Å². The molecule has 1 aromatic rings. The third kappa shape index (κ3) is 3.67. The van der Waals surface area contributed by atoms with Crippen molar-refractivity contribution in [3.63, 3.8) is 0 Å². The van der Waals surface area contributed by atoms with E-state index in [0.29, 0.717) is 6.54 Å². The summed E-state index contributed by atoms with van der Waals surface area (Å²) in [6.45, 7) is 2.21. The number of alkyl halides is 1. The van der Waals surface area contributed by atoms with Crippen LogP contribution in [0.15, 0.2) is 18.2 Å². The molecule has 92 valence electrons. The van der Waals surface area contributed by atoms with Crippen molar-refractivity contribution in [2.45, 2.75) is 11.8 Å². The summed E-state index contributed by atoms with van der Waals surface area (Å²) in [5.74, 6) is -0.548. The second-order valence-electron chi connectivity index (χ2n) is 3.38. The maximum Gasteiger partial charge on any atom is 0.283 e. The van der Waals surface area contributed by atoms with Gasteiger partial charge in [-0.05, 0) is 6.07 Å². The SMILES string of the molecule is CC(Br)CNC(=O)c1c(Cl)cccc1[N+](=O)[O-]. The summed E-state index contributed by atoms with van der Waals surface area (Å²) in [5.41, 5.74) is -0.399. The van der Waals surface area contributed by atoms with Crippen LogP contribution < -0.4 is 5.32 Å². The fourth-order valence-electron chi connectivity index (χ4n) is 1.21. The van der Waals surface area contributed by atoms with Gasteiger partial charge < -0.3 is 5.32 Å². The van der Waals surface area contributed by atoms with Crippen LogP contribution in [0.2, 0.25) is 5.02 Å². The average molecular weight is 322 g/mol. The number of carbonyl (C=O) groups is 1. The average Bonchev–Trinajstić information content (AvgIpc) is 2.25. The predicted octanol–water partition coefficient (Wildman–Crippen LogP) is 2.76. The van der Waals surface area contributed by atoms with Crippen molar-refractivity contribution in [1.82, 2.24) is 5.32 Å². The number of hydrogen-bond acceptors (Lipinski definition) is 3. The van der Waals surface area contributed by atoms with E-state index in [4.69, 9.17) is 11.6 Å². The molecule has 17 heavy (non-hydrogen) atoms. The van der Waals surface area contributed by atoms with Gasteiger partial charge in [0.15, 0.2) is 0 Å². The normalized spacial score (nSPS) is 11.9. The van der Waals surface area contributed by atoms with E-state index in [9.17, 15) is 14.9 Å². The van der Waals surface area contributed by atoms with Gasteiger partial charge in [0.05, 0.1) is 9.95 Å². The van der Waals surface area contributed by atoms with Crippen LogP contribution in [0.4, 0.5) is 5.69 Å². The molecule has 1 rings (SSSR count). The largest absolute Gasteiger partial charge is 0.351 e. The van der Waals surface area contributed by atoms with Crippen molar-refractivity contribution in [3.05, 3.63) is 38.9 Å². The summed E-state index contributed by atoms with van der Waals surface area (Å²) in [5, 5.41) is 13.4. The van der Waals surface area contributed by atoms with Gasteiger partial charge in [0.1, 0.15) is 5.56 Å². The second kappa shape index (κ2) is 5.97. The molecule has 1 aromatic carbocycles. The quantitative estimate of drug-likeness (QED) is 0.526. The van der Waals surface area contributed by atoms with Crippen LogP contribution in [-0.2, 0) is 0 Å². The molecule has 0 aromatic heterocycles. The fraction of sp³-hybridized carbons (Fsp3) is 0.300. The number of nitrogens with zero attached hydrogens (tertiary/aromatic N) is 1. The molecule has 7 heteroatoms. The molecule has 0 heterocycles. The Hall–Kier alpha value is -1.14. The second-order valence-corrected chi connectivity index (χ2v) is 5.35. The Bertz CT molecular complexity index is 451. The van der Waals surface area contributed by atoms with E-state index >= 15 is 0 Å². The number of halogens is 2. The molecule has 0 saturated carbocycles. The third-order valence-electron chi connectivity index (χ3n) is 1.96. The zero-order valence-corrected chi connectivity index (χ0v) is 11.3. The minimum Gasteiger partial charge on any atom is -0.351 e. The number of amides is 1. The molecule has 0 aliphatic rings. The Morgan fingerprint density at radius 3 is 2.82 bits per heavy atom. The van der Waals surface area contributed by atoms with Crippen molar-refractivity contribution < 1.29 is 9.72 Å². The van der Waals surface area contributed by atoms with Crippen LogP contribution in [0.3, 0.4) is 0 Å². The number of nitrogens with one attached hydrogen (secondary N) is 1. The molecule has 0 bridgehead atoms. The summed E-state index contributed by atoms with van der Waals surface area (Å²) in [6, 6.07) is 4.13. The van der Waals surface area contributed by atoms with E-state index in [1.54, 1.807) is 0 Å². The Kier molecular flexibility index (Phi) is 4.89. The van der Waals surface area contributed by atoms with Crippen LogP contribution in [0, 0.1) is 10.1 Å². The summed E-state index contributed by atoms with van der Waals surface area (Å²) < 4.78 is 0. The molecular weight excluding hydrogens is 311 g/mol. The Morgan fingerprint density at radius 2 is 2.29 bits per heavy atom. The van der Waals surface area contributed by atoms with E-state index in [-0.39, 0.29) is 21.1 Å². The molecule has 0 spiro atoms. The molecule has 1 unspecified atom stereocenters. The van der Waals surface area contributed by atoms with Gasteiger partial charge in [0.2, 0.25) is 0 Å². The van der Waals surface area contributed by atoms with Crippen molar-refractivity contribution in [2.24, 2.45) is 0 Å². The highest BCUT2D eigenvalue weighted by molar-refractivity contribution is 9.09. The lowest BCUT2D eigenvalue weighted by Crippen LogP contribution is -2.29. The first-order chi connectivity index (χ1) is 7.93. The highest BCUT2D eigenvalue weighted by Gasteiger charge is 2.23. The standard InChI is InChI=1S/C10H10BrClN2O3/c1-6(11)5-13-10(15)9-7(12)3-2-4-8(9)14(16)17/h2-4,6H,5H2,1H3,(H,13,15). The van der Waals surface area contributed by atoms with Crippen molar-refractivity contribution in [1.29, 1.82) is 0 Å². The van der Waals surface area contributed by atoms with E-state index in [0.717, 1.165) is 0 Å². The van der Waals surface area contributed by atoms with Crippen LogP contribution >= 0.6 is 27.5 Å². The maximum atomic E-state index is 11.8. The maximum absolute atomic E-state index is 11.8. The van der Waals surface area contributed by atoms with Gasteiger partial charge in [-0.1, -0.05) is 40.5 Å². The molecule has 1 amide bonds. The Labute approximate surface area is 111 Å². The van der Waals surface area contributed by atoms with Crippen LogP contribution in [0.1, 0.15) is 17.3 Å². The van der Waals surface area contributed by atoms with E-state index in [2.05, 4.69) is 21.2 Å². The van der Waals surface area contributed by atoms with Gasteiger partial charge in [-0.3, -0.25) is 14.9 Å². The fourth-order valence-corrected chi connectivity index (χ4v) is 1.63. The Morgan fingerprint density at radius 1 is 1.65 bits per heavy atom. The first-order valence-electron chi connectivity index (χ1n) is 4.78. The first-order valence-corrected chi connectivity index (χ1v) is 6.08. The lowest BCUT2D eigenvalue weighted by Gasteiger charge is -2.08.